The minimum atomic E-state index is -0.378. The molecule has 4 rings (SSSR count). The second kappa shape index (κ2) is 9.01. The van der Waals surface area contributed by atoms with Crippen LogP contribution in [-0.2, 0) is 5.54 Å². The van der Waals surface area contributed by atoms with E-state index in [2.05, 4.69) is 17.2 Å². The highest BCUT2D eigenvalue weighted by Gasteiger charge is 2.29. The fourth-order valence-corrected chi connectivity index (χ4v) is 4.70. The van der Waals surface area contributed by atoms with Gasteiger partial charge >= 0.3 is 0 Å². The van der Waals surface area contributed by atoms with Gasteiger partial charge in [0.1, 0.15) is 0 Å². The van der Waals surface area contributed by atoms with Crippen molar-refractivity contribution in [3.05, 3.63) is 101 Å². The lowest BCUT2D eigenvalue weighted by Gasteiger charge is -2.29. The average Bonchev–Trinajstić information content (AvgIpc) is 2.79. The van der Waals surface area contributed by atoms with Crippen LogP contribution in [-0.4, -0.2) is 22.6 Å². The number of aryl methyl sites for hydroxylation is 1. The molecule has 3 N–H and O–H groups in total. The first-order valence-corrected chi connectivity index (χ1v) is 11.4. The molecule has 6 heteroatoms. The predicted octanol–water partition coefficient (Wildman–Crippen LogP) is 5.15. The van der Waals surface area contributed by atoms with Crippen LogP contribution in [0.4, 0.5) is 5.69 Å². The molecule has 1 heterocycles. The number of hydrogen-bond acceptors (Lipinski definition) is 5. The first kappa shape index (κ1) is 21.8. The smallest absolute Gasteiger partial charge is 0.255 e. The molecular formula is C26H25N3O2S. The summed E-state index contributed by atoms with van der Waals surface area (Å²) in [6, 6.07) is 21.9. The largest absolute Gasteiger partial charge is 0.379 e. The summed E-state index contributed by atoms with van der Waals surface area (Å²) < 4.78 is 0. The van der Waals surface area contributed by atoms with Gasteiger partial charge in [0.25, 0.3) is 5.91 Å². The van der Waals surface area contributed by atoms with Gasteiger partial charge in [0.15, 0.2) is 11.0 Å². The number of para-hydroxylation sites is 1. The number of anilines is 1. The Kier molecular flexibility index (Phi) is 6.15. The lowest BCUT2D eigenvalue weighted by Crippen LogP contribution is -2.28. The number of nitrogens with one attached hydrogen (secondary N) is 1. The molecule has 1 aliphatic rings. The van der Waals surface area contributed by atoms with Gasteiger partial charge in [0, 0.05) is 22.4 Å². The van der Waals surface area contributed by atoms with E-state index in [1.165, 1.54) is 0 Å². The molecular weight excluding hydrogens is 418 g/mol. The normalized spacial score (nSPS) is 18.0. The van der Waals surface area contributed by atoms with Crippen molar-refractivity contribution < 1.29 is 9.59 Å². The first-order chi connectivity index (χ1) is 15.4. The highest BCUT2D eigenvalue weighted by atomic mass is 32.2. The number of amidine groups is 1. The summed E-state index contributed by atoms with van der Waals surface area (Å²) in [7, 11) is 0. The average molecular weight is 444 g/mol. The third-order valence-electron chi connectivity index (χ3n) is 5.70. The van der Waals surface area contributed by atoms with Crippen molar-refractivity contribution in [1.82, 2.24) is 0 Å². The number of hydrogen-bond donors (Lipinski definition) is 2. The topological polar surface area (TPSA) is 84.5 Å². The maximum Gasteiger partial charge on any atom is 0.255 e. The summed E-state index contributed by atoms with van der Waals surface area (Å²) in [6.07, 6.45) is 0.887. The zero-order valence-electron chi connectivity index (χ0n) is 18.1. The lowest BCUT2D eigenvalue weighted by molar-refractivity contribution is 0.102. The van der Waals surface area contributed by atoms with E-state index in [1.54, 1.807) is 60.3 Å². The second-order valence-electron chi connectivity index (χ2n) is 8.09. The zero-order chi connectivity index (χ0) is 22.7. The van der Waals surface area contributed by atoms with E-state index in [4.69, 9.17) is 5.73 Å². The second-order valence-corrected chi connectivity index (χ2v) is 9.21. The molecule has 0 saturated carbocycles. The van der Waals surface area contributed by atoms with Crippen LogP contribution in [0.15, 0.2) is 77.8 Å². The van der Waals surface area contributed by atoms with Gasteiger partial charge in [-0.25, -0.2) is 0 Å². The van der Waals surface area contributed by atoms with Crippen molar-refractivity contribution in [2.75, 3.05) is 11.1 Å². The summed E-state index contributed by atoms with van der Waals surface area (Å²) in [5.74, 6) is 0.516. The van der Waals surface area contributed by atoms with Crippen molar-refractivity contribution in [1.29, 1.82) is 0 Å². The molecule has 3 aromatic carbocycles. The molecule has 32 heavy (non-hydrogen) atoms. The van der Waals surface area contributed by atoms with E-state index < -0.39 is 0 Å². The summed E-state index contributed by atoms with van der Waals surface area (Å²) >= 11 is 1.56. The highest BCUT2D eigenvalue weighted by Crippen LogP contribution is 2.35. The minimum absolute atomic E-state index is 0.130. The number of carbonyl (C=O) groups is 2. The molecule has 0 aliphatic carbocycles. The highest BCUT2D eigenvalue weighted by molar-refractivity contribution is 8.13. The van der Waals surface area contributed by atoms with Gasteiger partial charge < -0.3 is 11.1 Å². The fourth-order valence-electron chi connectivity index (χ4n) is 3.72. The van der Waals surface area contributed by atoms with Crippen LogP contribution >= 0.6 is 11.8 Å². The first-order valence-electron chi connectivity index (χ1n) is 10.5. The van der Waals surface area contributed by atoms with Crippen LogP contribution in [0.5, 0.6) is 0 Å². The van der Waals surface area contributed by atoms with E-state index in [0.717, 1.165) is 23.3 Å². The summed E-state index contributed by atoms with van der Waals surface area (Å²) in [6.45, 7) is 4.03. The Labute approximate surface area is 192 Å². The number of thioether (sulfide) groups is 1. The number of nitrogens with two attached hydrogens (primary N) is 1. The molecule has 162 valence electrons. The van der Waals surface area contributed by atoms with Crippen molar-refractivity contribution >= 4 is 34.3 Å². The third-order valence-corrected chi connectivity index (χ3v) is 6.49. The minimum Gasteiger partial charge on any atom is -0.379 e. The van der Waals surface area contributed by atoms with E-state index in [0.29, 0.717) is 27.5 Å². The molecule has 0 aromatic heterocycles. The fraction of sp³-hybridized carbons (Fsp3) is 0.192. The number of rotatable bonds is 5. The molecule has 1 aliphatic heterocycles. The van der Waals surface area contributed by atoms with E-state index in [9.17, 15) is 9.59 Å². The van der Waals surface area contributed by atoms with Gasteiger partial charge in [-0.1, -0.05) is 65.9 Å². The SMILES string of the molecule is Cc1ccc(C(=O)c2ccccc2NC(=O)c2ccc(C3(C)CCSC(N)=N3)cc2)cc1. The van der Waals surface area contributed by atoms with Crippen LogP contribution in [0, 0.1) is 6.92 Å². The molecule has 0 bridgehead atoms. The Bertz CT molecular complexity index is 1190. The molecule has 0 radical (unpaired) electrons. The van der Waals surface area contributed by atoms with Gasteiger partial charge in [0.05, 0.1) is 11.2 Å². The van der Waals surface area contributed by atoms with Crippen molar-refractivity contribution in [3.63, 3.8) is 0 Å². The van der Waals surface area contributed by atoms with E-state index >= 15 is 0 Å². The Hall–Kier alpha value is -3.38. The van der Waals surface area contributed by atoms with Gasteiger partial charge in [0.2, 0.25) is 0 Å². The van der Waals surface area contributed by atoms with E-state index in [-0.39, 0.29) is 17.2 Å². The molecule has 0 saturated heterocycles. The number of carbonyl (C=O) groups excluding carboxylic acids is 2. The third kappa shape index (κ3) is 4.60. The van der Waals surface area contributed by atoms with Crippen LogP contribution in [0.2, 0.25) is 0 Å². The summed E-state index contributed by atoms with van der Waals surface area (Å²) in [5, 5.41) is 3.49. The molecule has 0 fully saturated rings. The molecule has 0 spiro atoms. The Morgan fingerprint density at radius 1 is 0.969 bits per heavy atom. The standard InChI is InChI=1S/C26H25N3O2S/c1-17-7-9-18(10-8-17)23(30)21-5-3-4-6-22(21)28-24(31)19-11-13-20(14-12-19)26(2)15-16-32-25(27)29-26/h3-14H,15-16H2,1-2H3,(H2,27,29)(H,28,31). The Morgan fingerprint density at radius 2 is 1.62 bits per heavy atom. The van der Waals surface area contributed by atoms with Crippen LogP contribution in [0.1, 0.15) is 50.8 Å². The predicted molar refractivity (Wildman–Crippen MR) is 131 cm³/mol. The maximum absolute atomic E-state index is 13.0. The Morgan fingerprint density at radius 3 is 2.31 bits per heavy atom. The van der Waals surface area contributed by atoms with Gasteiger partial charge in [-0.15, -0.1) is 0 Å². The van der Waals surface area contributed by atoms with E-state index in [1.807, 2.05) is 31.2 Å². The summed E-state index contributed by atoms with van der Waals surface area (Å²) in [4.78, 5) is 30.5. The molecule has 3 aromatic rings. The van der Waals surface area contributed by atoms with Gasteiger partial charge in [-0.05, 0) is 50.1 Å². The van der Waals surface area contributed by atoms with Crippen LogP contribution in [0.25, 0.3) is 0 Å². The maximum atomic E-state index is 13.0. The van der Waals surface area contributed by atoms with Crippen molar-refractivity contribution in [3.8, 4) is 0 Å². The monoisotopic (exact) mass is 443 g/mol. The molecule has 1 unspecified atom stereocenters. The van der Waals surface area contributed by atoms with Crippen molar-refractivity contribution in [2.45, 2.75) is 25.8 Å². The quantitative estimate of drug-likeness (QED) is 0.535. The lowest BCUT2D eigenvalue weighted by atomic mass is 9.89. The Balaban J connectivity index is 1.54. The molecule has 1 atom stereocenters. The number of amides is 1. The zero-order valence-corrected chi connectivity index (χ0v) is 18.9. The van der Waals surface area contributed by atoms with Crippen LogP contribution in [0.3, 0.4) is 0 Å². The number of ketones is 1. The number of aliphatic imine (C=N–C) groups is 1. The van der Waals surface area contributed by atoms with Gasteiger partial charge in [-0.3, -0.25) is 14.6 Å². The van der Waals surface area contributed by atoms with Gasteiger partial charge in [-0.2, -0.15) is 0 Å². The van der Waals surface area contributed by atoms with Crippen molar-refractivity contribution in [2.24, 2.45) is 10.7 Å². The summed E-state index contributed by atoms with van der Waals surface area (Å²) in [5.41, 5.74) is 9.69. The number of benzene rings is 3. The molecule has 1 amide bonds. The number of nitrogens with zero attached hydrogens (tertiary/aromatic N) is 1. The molecule has 5 nitrogen and oxygen atoms in total. The van der Waals surface area contributed by atoms with Crippen LogP contribution < -0.4 is 11.1 Å².